The topological polar surface area (TPSA) is 62.0 Å². The van der Waals surface area contributed by atoms with Crippen molar-refractivity contribution in [2.24, 2.45) is 5.92 Å². The third kappa shape index (κ3) is 4.80. The van der Waals surface area contributed by atoms with Crippen LogP contribution in [0.3, 0.4) is 0 Å². The van der Waals surface area contributed by atoms with Crippen LogP contribution in [0, 0.1) is 19.4 Å². The highest BCUT2D eigenvalue weighted by Crippen LogP contribution is 2.33. The molecule has 0 amide bonds. The van der Waals surface area contributed by atoms with E-state index in [2.05, 4.69) is 44.6 Å². The first-order valence-corrected chi connectivity index (χ1v) is 12.6. The van der Waals surface area contributed by atoms with Crippen LogP contribution in [0.15, 0.2) is 18.5 Å². The van der Waals surface area contributed by atoms with Gasteiger partial charge in [0.1, 0.15) is 12.4 Å². The molecule has 2 atom stereocenters. The second-order valence-electron chi connectivity index (χ2n) is 9.97. The molecule has 0 unspecified atom stereocenters. The van der Waals surface area contributed by atoms with Gasteiger partial charge in [-0.15, -0.1) is 0 Å². The molecule has 0 N–H and O–H groups in total. The summed E-state index contributed by atoms with van der Waals surface area (Å²) < 4.78 is 6.23. The van der Waals surface area contributed by atoms with E-state index in [0.29, 0.717) is 31.1 Å². The van der Waals surface area contributed by atoms with Crippen LogP contribution in [0.1, 0.15) is 42.5 Å². The van der Waals surface area contributed by atoms with Gasteiger partial charge in [-0.2, -0.15) is 9.97 Å². The minimum absolute atomic E-state index is 0.410. The standard InChI is InChI=1S/C26H35N7O/c1-19-14-28-10-8-24(19)32-13-9-22-23(17-32)29-26(34-18-21-7-5-11-31(21)3)30-25(22)33-12-4-6-20(16-33)15-27-2/h8,10,14,20-21H,4-7,9,11-13,15-18H2,1,3H3/t20-,21-/m0/s1. The summed E-state index contributed by atoms with van der Waals surface area (Å²) in [5, 5.41) is 0. The van der Waals surface area contributed by atoms with Gasteiger partial charge in [0.05, 0.1) is 12.2 Å². The normalized spacial score (nSPS) is 23.0. The molecule has 8 heteroatoms. The van der Waals surface area contributed by atoms with Crippen molar-refractivity contribution in [2.75, 3.05) is 56.2 Å². The fourth-order valence-electron chi connectivity index (χ4n) is 5.64. The van der Waals surface area contributed by atoms with E-state index >= 15 is 0 Å². The second kappa shape index (κ2) is 10.1. The maximum absolute atomic E-state index is 7.32. The Bertz CT molecular complexity index is 1050. The summed E-state index contributed by atoms with van der Waals surface area (Å²) in [5.74, 6) is 1.44. The molecular weight excluding hydrogens is 426 g/mol. The van der Waals surface area contributed by atoms with Crippen LogP contribution >= 0.6 is 0 Å². The van der Waals surface area contributed by atoms with E-state index in [9.17, 15) is 0 Å². The summed E-state index contributed by atoms with van der Waals surface area (Å²) >= 11 is 0. The quantitative estimate of drug-likeness (QED) is 0.612. The Morgan fingerprint density at radius 2 is 2.03 bits per heavy atom. The van der Waals surface area contributed by atoms with Crippen LogP contribution in [0.5, 0.6) is 6.01 Å². The molecule has 0 aliphatic carbocycles. The molecule has 3 aliphatic rings. The van der Waals surface area contributed by atoms with Gasteiger partial charge in [-0.1, -0.05) is 0 Å². The maximum Gasteiger partial charge on any atom is 0.318 e. The molecule has 3 aliphatic heterocycles. The number of aryl methyl sites for hydroxylation is 1. The number of hydrogen-bond donors (Lipinski definition) is 0. The average molecular weight is 462 g/mol. The van der Waals surface area contributed by atoms with Gasteiger partial charge >= 0.3 is 6.01 Å². The number of hydrogen-bond acceptors (Lipinski definition) is 7. The zero-order valence-corrected chi connectivity index (χ0v) is 20.4. The number of nitrogens with zero attached hydrogens (tertiary/aromatic N) is 7. The zero-order chi connectivity index (χ0) is 23.5. The summed E-state index contributed by atoms with van der Waals surface area (Å²) in [6.45, 7) is 15.3. The average Bonchev–Trinajstić information content (AvgIpc) is 3.27. The summed E-state index contributed by atoms with van der Waals surface area (Å²) in [4.78, 5) is 25.0. The highest BCUT2D eigenvalue weighted by Gasteiger charge is 2.30. The lowest BCUT2D eigenvalue weighted by molar-refractivity contribution is 0.187. The Hall–Kier alpha value is -2.92. The van der Waals surface area contributed by atoms with Crippen molar-refractivity contribution >= 4 is 11.5 Å². The fraction of sp³-hybridized carbons (Fsp3) is 0.615. The van der Waals surface area contributed by atoms with Crippen LogP contribution in [0.4, 0.5) is 11.5 Å². The van der Waals surface area contributed by atoms with Crippen LogP contribution < -0.4 is 14.5 Å². The molecule has 180 valence electrons. The first kappa shape index (κ1) is 22.9. The van der Waals surface area contributed by atoms with Gasteiger partial charge in [-0.25, -0.2) is 6.57 Å². The predicted molar refractivity (Wildman–Crippen MR) is 133 cm³/mol. The van der Waals surface area contributed by atoms with Gasteiger partial charge in [-0.3, -0.25) is 4.98 Å². The molecule has 0 radical (unpaired) electrons. The largest absolute Gasteiger partial charge is 0.462 e. The Morgan fingerprint density at radius 1 is 1.15 bits per heavy atom. The van der Waals surface area contributed by atoms with E-state index in [1.165, 1.54) is 23.2 Å². The van der Waals surface area contributed by atoms with Gasteiger partial charge in [0.2, 0.25) is 6.54 Å². The molecule has 2 saturated heterocycles. The highest BCUT2D eigenvalue weighted by molar-refractivity contribution is 5.57. The molecule has 0 bridgehead atoms. The first-order valence-electron chi connectivity index (χ1n) is 12.6. The Labute approximate surface area is 202 Å². The fourth-order valence-corrected chi connectivity index (χ4v) is 5.64. The Morgan fingerprint density at radius 3 is 2.82 bits per heavy atom. The highest BCUT2D eigenvalue weighted by atomic mass is 16.5. The van der Waals surface area contributed by atoms with E-state index in [-0.39, 0.29) is 0 Å². The number of likely N-dealkylation sites (tertiary alicyclic amines) is 1. The van der Waals surface area contributed by atoms with Crippen molar-refractivity contribution in [2.45, 2.75) is 51.6 Å². The van der Waals surface area contributed by atoms with E-state index < -0.39 is 0 Å². The number of piperidine rings is 1. The van der Waals surface area contributed by atoms with Gasteiger partial charge in [0, 0.05) is 55.2 Å². The summed E-state index contributed by atoms with van der Waals surface area (Å²) in [6.07, 6.45) is 9.30. The van der Waals surface area contributed by atoms with Crippen LogP contribution in [0.25, 0.3) is 4.85 Å². The van der Waals surface area contributed by atoms with Crippen molar-refractivity contribution < 1.29 is 4.74 Å². The second-order valence-corrected chi connectivity index (χ2v) is 9.97. The lowest BCUT2D eigenvalue weighted by Crippen LogP contribution is -2.40. The van der Waals surface area contributed by atoms with Gasteiger partial charge < -0.3 is 24.3 Å². The SMILES string of the molecule is [C-]#[N+]C[C@@H]1CCCN(c2nc(OC[C@@H]3CCCN3C)nc3c2CCN(c2ccncc2C)C3)C1. The molecular formula is C26H35N7O. The maximum atomic E-state index is 7.32. The van der Waals surface area contributed by atoms with Crippen molar-refractivity contribution in [3.63, 3.8) is 0 Å². The van der Waals surface area contributed by atoms with Crippen molar-refractivity contribution in [1.82, 2.24) is 19.9 Å². The predicted octanol–water partition coefficient (Wildman–Crippen LogP) is 3.35. The van der Waals surface area contributed by atoms with Crippen LogP contribution in [-0.4, -0.2) is 72.3 Å². The molecule has 0 spiro atoms. The van der Waals surface area contributed by atoms with E-state index in [1.807, 2.05) is 12.4 Å². The molecule has 8 nitrogen and oxygen atoms in total. The molecule has 2 aromatic rings. The Balaban J connectivity index is 1.43. The minimum Gasteiger partial charge on any atom is -0.462 e. The molecule has 2 fully saturated rings. The monoisotopic (exact) mass is 461 g/mol. The number of likely N-dealkylation sites (N-methyl/N-ethyl adjacent to an activating group) is 1. The van der Waals surface area contributed by atoms with Crippen molar-refractivity contribution in [1.29, 1.82) is 0 Å². The van der Waals surface area contributed by atoms with Crippen molar-refractivity contribution in [3.05, 3.63) is 46.7 Å². The number of pyridine rings is 1. The summed E-state index contributed by atoms with van der Waals surface area (Å²) in [5.41, 5.74) is 4.70. The summed E-state index contributed by atoms with van der Waals surface area (Å²) in [7, 11) is 2.17. The number of fused-ring (bicyclic) bond motifs is 1. The molecule has 34 heavy (non-hydrogen) atoms. The Kier molecular flexibility index (Phi) is 6.82. The first-order chi connectivity index (χ1) is 16.6. The molecule has 5 rings (SSSR count). The molecule has 2 aromatic heterocycles. The van der Waals surface area contributed by atoms with Crippen LogP contribution in [-0.2, 0) is 13.0 Å². The smallest absolute Gasteiger partial charge is 0.318 e. The minimum atomic E-state index is 0.410. The molecule has 0 aromatic carbocycles. The zero-order valence-electron chi connectivity index (χ0n) is 20.4. The van der Waals surface area contributed by atoms with Gasteiger partial charge in [0.15, 0.2) is 0 Å². The number of ether oxygens (including phenoxy) is 1. The summed E-state index contributed by atoms with van der Waals surface area (Å²) in [6, 6.07) is 3.02. The number of anilines is 2. The van der Waals surface area contributed by atoms with Crippen molar-refractivity contribution in [3.8, 4) is 6.01 Å². The van der Waals surface area contributed by atoms with E-state index in [4.69, 9.17) is 21.3 Å². The lowest BCUT2D eigenvalue weighted by Gasteiger charge is -2.36. The number of aromatic nitrogens is 3. The van der Waals surface area contributed by atoms with E-state index in [1.54, 1.807) is 0 Å². The van der Waals surface area contributed by atoms with E-state index in [0.717, 1.165) is 69.9 Å². The molecule has 5 heterocycles. The van der Waals surface area contributed by atoms with Gasteiger partial charge in [-0.05, 0) is 64.3 Å². The number of rotatable bonds is 6. The third-order valence-corrected chi connectivity index (χ3v) is 7.60. The third-order valence-electron chi connectivity index (χ3n) is 7.60. The van der Waals surface area contributed by atoms with Crippen LogP contribution in [0.2, 0.25) is 0 Å². The molecule has 0 saturated carbocycles. The van der Waals surface area contributed by atoms with Gasteiger partial charge in [0.25, 0.3) is 0 Å². The lowest BCUT2D eigenvalue weighted by atomic mass is 9.96.